The van der Waals surface area contributed by atoms with Crippen LogP contribution in [0.5, 0.6) is 5.75 Å². The summed E-state index contributed by atoms with van der Waals surface area (Å²) in [5.74, 6) is 0.824. The molecule has 1 unspecified atom stereocenters. The van der Waals surface area contributed by atoms with Crippen LogP contribution in [0.15, 0.2) is 48.1 Å². The minimum atomic E-state index is -2.13. The molecule has 0 aliphatic heterocycles. The Kier molecular flexibility index (Phi) is 11.6. The van der Waals surface area contributed by atoms with Crippen molar-refractivity contribution in [2.75, 3.05) is 13.7 Å². The molecule has 0 heterocycles. The van der Waals surface area contributed by atoms with Crippen LogP contribution < -0.4 is 4.74 Å². The van der Waals surface area contributed by atoms with Gasteiger partial charge in [-0.05, 0) is 85.7 Å². The Morgan fingerprint density at radius 2 is 1.56 bits per heavy atom. The maximum Gasteiger partial charge on any atom is 0.192 e. The van der Waals surface area contributed by atoms with Crippen molar-refractivity contribution in [2.24, 2.45) is 11.8 Å². The Hall–Kier alpha value is -1.23. The highest BCUT2D eigenvalue weighted by atomic mass is 28.4. The van der Waals surface area contributed by atoms with Gasteiger partial charge in [-0.3, -0.25) is 0 Å². The maximum atomic E-state index is 11.8. The lowest BCUT2D eigenvalue weighted by atomic mass is 9.80. The summed E-state index contributed by atoms with van der Waals surface area (Å²) in [6, 6.07) is 7.93. The summed E-state index contributed by atoms with van der Waals surface area (Å²) >= 11 is 0. The van der Waals surface area contributed by atoms with Crippen molar-refractivity contribution in [2.45, 2.75) is 129 Å². The van der Waals surface area contributed by atoms with E-state index in [-0.39, 0.29) is 28.0 Å². The van der Waals surface area contributed by atoms with E-state index in [2.05, 4.69) is 94.2 Å². The molecular weight excluding hydrogens is 545 g/mol. The van der Waals surface area contributed by atoms with Crippen molar-refractivity contribution in [3.63, 3.8) is 0 Å². The fraction of sp³-hybridized carbons (Fsp3) is 0.706. The molecule has 0 bridgehead atoms. The molecule has 41 heavy (non-hydrogen) atoms. The van der Waals surface area contributed by atoms with E-state index in [4.69, 9.17) is 18.3 Å². The average molecular weight is 605 g/mol. The van der Waals surface area contributed by atoms with Gasteiger partial charge in [0.05, 0.1) is 26.4 Å². The van der Waals surface area contributed by atoms with E-state index < -0.39 is 28.3 Å². The monoisotopic (exact) mass is 604 g/mol. The lowest BCUT2D eigenvalue weighted by molar-refractivity contribution is -0.140. The highest BCUT2D eigenvalue weighted by molar-refractivity contribution is 6.74. The van der Waals surface area contributed by atoms with Gasteiger partial charge in [0.2, 0.25) is 0 Å². The fourth-order valence-electron chi connectivity index (χ4n) is 5.08. The SMILES string of the molecule is C=C(C)C(O)[C@@]1(OCc2ccc(OC)cc2)C[C@H](C)[C@@H](O[Si](C)(C)C(C)(C)C)[C@@H]1/C=C(\C)CO[Si](C)(C)C(C)(C)C. The van der Waals surface area contributed by atoms with Crippen molar-refractivity contribution in [1.29, 1.82) is 0 Å². The predicted octanol–water partition coefficient (Wildman–Crippen LogP) is 8.90. The summed E-state index contributed by atoms with van der Waals surface area (Å²) < 4.78 is 26.0. The summed E-state index contributed by atoms with van der Waals surface area (Å²) in [5, 5.41) is 12.0. The Balaban J connectivity index is 2.58. The maximum absolute atomic E-state index is 11.8. The first-order chi connectivity index (χ1) is 18.6. The number of benzene rings is 1. The largest absolute Gasteiger partial charge is 0.497 e. The number of methoxy groups -OCH3 is 1. The van der Waals surface area contributed by atoms with Gasteiger partial charge >= 0.3 is 0 Å². The smallest absolute Gasteiger partial charge is 0.192 e. The second-order valence-electron chi connectivity index (χ2n) is 15.5. The topological polar surface area (TPSA) is 57.2 Å². The summed E-state index contributed by atoms with van der Waals surface area (Å²) in [6.07, 6.45) is 2.03. The number of aliphatic hydroxyl groups excluding tert-OH is 1. The molecule has 234 valence electrons. The van der Waals surface area contributed by atoms with E-state index in [0.29, 0.717) is 25.2 Å². The molecule has 1 fully saturated rings. The molecule has 1 aliphatic carbocycles. The molecule has 1 aromatic rings. The summed E-state index contributed by atoms with van der Waals surface area (Å²) in [4.78, 5) is 0. The van der Waals surface area contributed by atoms with Gasteiger partial charge in [-0.1, -0.05) is 78.8 Å². The third-order valence-corrected chi connectivity index (χ3v) is 18.8. The van der Waals surface area contributed by atoms with Crippen LogP contribution in [-0.4, -0.2) is 53.3 Å². The van der Waals surface area contributed by atoms with Crippen molar-refractivity contribution in [3.05, 3.63) is 53.6 Å². The van der Waals surface area contributed by atoms with Crippen molar-refractivity contribution >= 4 is 16.6 Å². The van der Waals surface area contributed by atoms with Crippen LogP contribution in [0.25, 0.3) is 0 Å². The molecule has 1 aliphatic rings. The highest BCUT2D eigenvalue weighted by Crippen LogP contribution is 2.51. The molecule has 7 heteroatoms. The van der Waals surface area contributed by atoms with Crippen molar-refractivity contribution < 1.29 is 23.4 Å². The van der Waals surface area contributed by atoms with Crippen LogP contribution in [0.4, 0.5) is 0 Å². The Morgan fingerprint density at radius 3 is 2.02 bits per heavy atom. The van der Waals surface area contributed by atoms with Gasteiger partial charge in [0.25, 0.3) is 0 Å². The highest BCUT2D eigenvalue weighted by Gasteiger charge is 2.58. The van der Waals surface area contributed by atoms with E-state index in [1.54, 1.807) is 7.11 Å². The number of ether oxygens (including phenoxy) is 2. The average Bonchev–Trinajstić information content (AvgIpc) is 3.10. The first-order valence-electron chi connectivity index (χ1n) is 15.2. The zero-order chi connectivity index (χ0) is 31.6. The van der Waals surface area contributed by atoms with E-state index >= 15 is 0 Å². The zero-order valence-electron chi connectivity index (χ0n) is 28.6. The van der Waals surface area contributed by atoms with Crippen molar-refractivity contribution in [3.8, 4) is 5.75 Å². The summed E-state index contributed by atoms with van der Waals surface area (Å²) in [5.41, 5.74) is 2.00. The minimum absolute atomic E-state index is 0.0592. The van der Waals surface area contributed by atoms with E-state index in [0.717, 1.165) is 16.9 Å². The Labute approximate surface area is 254 Å². The Bertz CT molecular complexity index is 1050. The molecular formula is C34H60O5Si2. The fourth-order valence-corrected chi connectivity index (χ4v) is 7.51. The molecule has 2 rings (SSSR count). The molecule has 1 aromatic carbocycles. The molecule has 0 amide bonds. The second-order valence-corrected chi connectivity index (χ2v) is 25.0. The van der Waals surface area contributed by atoms with Gasteiger partial charge in [-0.25, -0.2) is 0 Å². The molecule has 0 spiro atoms. The molecule has 0 saturated heterocycles. The van der Waals surface area contributed by atoms with Crippen LogP contribution in [0.2, 0.25) is 36.3 Å². The second kappa shape index (κ2) is 13.2. The first kappa shape index (κ1) is 36.0. The predicted molar refractivity (Wildman–Crippen MR) is 178 cm³/mol. The van der Waals surface area contributed by atoms with E-state index in [9.17, 15) is 5.11 Å². The van der Waals surface area contributed by atoms with Crippen LogP contribution in [0.1, 0.15) is 74.3 Å². The standard InChI is InChI=1S/C34H60O5Si2/c1-24(2)31(35)34(37-23-27-16-18-28(36-11)19-17-27)21-26(4)30(39-41(14,15)33(8,9)10)29(34)20-25(3)22-38-40(12,13)32(5,6)7/h16-20,26,29-31,35H,1,21-23H2,2-15H3/b25-20+/t26-,29-,30+,31?,34+/m0/s1. The van der Waals surface area contributed by atoms with Gasteiger partial charge < -0.3 is 23.4 Å². The molecule has 1 saturated carbocycles. The van der Waals surface area contributed by atoms with Crippen molar-refractivity contribution in [1.82, 2.24) is 0 Å². The summed E-state index contributed by atoms with van der Waals surface area (Å²) in [7, 11) is -2.39. The first-order valence-corrected chi connectivity index (χ1v) is 21.0. The lowest BCUT2D eigenvalue weighted by Crippen LogP contribution is -2.52. The van der Waals surface area contributed by atoms with Crippen LogP contribution in [0.3, 0.4) is 0 Å². The molecule has 0 radical (unpaired) electrons. The molecule has 0 aromatic heterocycles. The minimum Gasteiger partial charge on any atom is -0.497 e. The number of aliphatic hydroxyl groups is 1. The normalized spacial score (nSPS) is 25.3. The van der Waals surface area contributed by atoms with Gasteiger partial charge in [0, 0.05) is 5.92 Å². The summed E-state index contributed by atoms with van der Waals surface area (Å²) in [6.45, 7) is 34.2. The zero-order valence-corrected chi connectivity index (χ0v) is 30.6. The van der Waals surface area contributed by atoms with Crippen LogP contribution in [0, 0.1) is 11.8 Å². The van der Waals surface area contributed by atoms with E-state index in [1.807, 2.05) is 31.2 Å². The number of hydrogen-bond acceptors (Lipinski definition) is 5. The van der Waals surface area contributed by atoms with Gasteiger partial charge in [0.15, 0.2) is 16.6 Å². The number of rotatable bonds is 12. The molecule has 1 N–H and O–H groups in total. The van der Waals surface area contributed by atoms with Gasteiger partial charge in [0.1, 0.15) is 17.5 Å². The lowest BCUT2D eigenvalue weighted by Gasteiger charge is -2.44. The van der Waals surface area contributed by atoms with Gasteiger partial charge in [-0.15, -0.1) is 0 Å². The number of hydrogen-bond donors (Lipinski definition) is 1. The third-order valence-electron chi connectivity index (χ3n) is 9.88. The van der Waals surface area contributed by atoms with E-state index in [1.165, 1.54) is 0 Å². The van der Waals surface area contributed by atoms with Crippen LogP contribution in [-0.2, 0) is 20.2 Å². The quantitative estimate of drug-likeness (QED) is 0.191. The Morgan fingerprint density at radius 1 is 1.02 bits per heavy atom. The van der Waals surface area contributed by atoms with Crippen LogP contribution >= 0.6 is 0 Å². The third kappa shape index (κ3) is 8.45. The molecule has 5 nitrogen and oxygen atoms in total. The van der Waals surface area contributed by atoms with Gasteiger partial charge in [-0.2, -0.15) is 0 Å². The molecule has 5 atom stereocenters.